The van der Waals surface area contributed by atoms with Crippen LogP contribution in [-0.2, 0) is 4.74 Å². The van der Waals surface area contributed by atoms with Crippen molar-refractivity contribution < 1.29 is 9.84 Å². The zero-order valence-electron chi connectivity index (χ0n) is 10.6. The van der Waals surface area contributed by atoms with Gasteiger partial charge < -0.3 is 9.84 Å². The number of nitrogens with zero attached hydrogens (tertiary/aromatic N) is 1. The van der Waals surface area contributed by atoms with Crippen molar-refractivity contribution >= 4 is 0 Å². The summed E-state index contributed by atoms with van der Waals surface area (Å²) >= 11 is 0. The summed E-state index contributed by atoms with van der Waals surface area (Å²) in [7, 11) is 2.12. The molecule has 1 aromatic rings. The van der Waals surface area contributed by atoms with Gasteiger partial charge in [-0.25, -0.2) is 0 Å². The lowest BCUT2D eigenvalue weighted by Gasteiger charge is -2.27. The number of likely N-dealkylation sites (N-methyl/N-ethyl adjacent to an activating group) is 1. The molecule has 3 nitrogen and oxygen atoms in total. The maximum atomic E-state index is 9.27. The summed E-state index contributed by atoms with van der Waals surface area (Å²) in [5, 5.41) is 9.27. The van der Waals surface area contributed by atoms with Gasteiger partial charge in [0.1, 0.15) is 5.75 Å². The minimum atomic E-state index is 0.322. The number of benzene rings is 1. The van der Waals surface area contributed by atoms with Crippen molar-refractivity contribution in [1.82, 2.24) is 4.90 Å². The normalized spacial score (nSPS) is 21.9. The van der Waals surface area contributed by atoms with E-state index in [4.69, 9.17) is 4.74 Å². The van der Waals surface area contributed by atoms with Gasteiger partial charge in [-0.2, -0.15) is 0 Å². The monoisotopic (exact) mass is 235 g/mol. The highest BCUT2D eigenvalue weighted by atomic mass is 16.5. The highest BCUT2D eigenvalue weighted by molar-refractivity contribution is 5.27. The Labute approximate surface area is 103 Å². The van der Waals surface area contributed by atoms with Crippen LogP contribution in [0.25, 0.3) is 0 Å². The van der Waals surface area contributed by atoms with Crippen molar-refractivity contribution in [1.29, 1.82) is 0 Å². The average Bonchev–Trinajstić information content (AvgIpc) is 2.82. The second-order valence-corrected chi connectivity index (χ2v) is 4.84. The molecule has 3 heteroatoms. The van der Waals surface area contributed by atoms with E-state index in [9.17, 15) is 5.11 Å². The van der Waals surface area contributed by atoms with Gasteiger partial charge in [-0.05, 0) is 44.5 Å². The Hall–Kier alpha value is -1.06. The number of aromatic hydroxyl groups is 1. The number of rotatable bonds is 4. The lowest BCUT2D eigenvalue weighted by molar-refractivity contribution is 0.0704. The van der Waals surface area contributed by atoms with Gasteiger partial charge in [-0.1, -0.05) is 12.1 Å². The Morgan fingerprint density at radius 1 is 1.41 bits per heavy atom. The molecule has 1 N–H and O–H groups in total. The predicted molar refractivity (Wildman–Crippen MR) is 68.1 cm³/mol. The van der Waals surface area contributed by atoms with Gasteiger partial charge in [-0.15, -0.1) is 0 Å². The molecule has 0 saturated carbocycles. The SMILES string of the molecule is CC(c1ccc(O)cc1)N(C)CC1CCCO1. The van der Waals surface area contributed by atoms with Gasteiger partial charge in [0.2, 0.25) is 0 Å². The molecule has 1 aromatic carbocycles. The number of hydrogen-bond acceptors (Lipinski definition) is 3. The van der Waals surface area contributed by atoms with Gasteiger partial charge in [0.15, 0.2) is 0 Å². The standard InChI is InChI=1S/C14H21NO2/c1-11(12-5-7-13(16)8-6-12)15(2)10-14-4-3-9-17-14/h5-8,11,14,16H,3-4,9-10H2,1-2H3. The van der Waals surface area contributed by atoms with Gasteiger partial charge in [0.25, 0.3) is 0 Å². The molecule has 1 heterocycles. The van der Waals surface area contributed by atoms with Crippen molar-refractivity contribution in [3.63, 3.8) is 0 Å². The minimum absolute atomic E-state index is 0.322. The maximum absolute atomic E-state index is 9.27. The summed E-state index contributed by atoms with van der Waals surface area (Å²) < 4.78 is 5.65. The van der Waals surface area contributed by atoms with E-state index in [0.29, 0.717) is 17.9 Å². The number of phenols is 1. The molecular weight excluding hydrogens is 214 g/mol. The van der Waals surface area contributed by atoms with Crippen LogP contribution in [-0.4, -0.2) is 36.3 Å². The third kappa shape index (κ3) is 3.20. The number of phenolic OH excluding ortho intramolecular Hbond substituents is 1. The molecule has 2 unspecified atom stereocenters. The molecule has 0 spiro atoms. The quantitative estimate of drug-likeness (QED) is 0.870. The van der Waals surface area contributed by atoms with Crippen molar-refractivity contribution in [3.8, 4) is 5.75 Å². The average molecular weight is 235 g/mol. The van der Waals surface area contributed by atoms with Crippen LogP contribution >= 0.6 is 0 Å². The van der Waals surface area contributed by atoms with Crippen LogP contribution in [0.3, 0.4) is 0 Å². The molecule has 0 aromatic heterocycles. The Bertz CT molecular complexity index is 344. The molecule has 17 heavy (non-hydrogen) atoms. The van der Waals surface area contributed by atoms with Crippen LogP contribution in [0.2, 0.25) is 0 Å². The highest BCUT2D eigenvalue weighted by Crippen LogP contribution is 2.23. The molecular formula is C14H21NO2. The third-order valence-corrected chi connectivity index (χ3v) is 3.55. The van der Waals surface area contributed by atoms with E-state index in [-0.39, 0.29) is 0 Å². The summed E-state index contributed by atoms with van der Waals surface area (Å²) in [5.74, 6) is 0.322. The summed E-state index contributed by atoms with van der Waals surface area (Å²) in [5.41, 5.74) is 1.23. The molecule has 94 valence electrons. The van der Waals surface area contributed by atoms with Crippen molar-refractivity contribution in [2.45, 2.75) is 31.9 Å². The van der Waals surface area contributed by atoms with Crippen LogP contribution in [0.5, 0.6) is 5.75 Å². The third-order valence-electron chi connectivity index (χ3n) is 3.55. The summed E-state index contributed by atoms with van der Waals surface area (Å²) in [4.78, 5) is 2.31. The fourth-order valence-electron chi connectivity index (χ4n) is 2.27. The second kappa shape index (κ2) is 5.52. The fraction of sp³-hybridized carbons (Fsp3) is 0.571. The molecule has 0 radical (unpaired) electrons. The maximum Gasteiger partial charge on any atom is 0.115 e. The van der Waals surface area contributed by atoms with Crippen LogP contribution in [0, 0.1) is 0 Å². The molecule has 1 saturated heterocycles. The fourth-order valence-corrected chi connectivity index (χ4v) is 2.27. The van der Waals surface area contributed by atoms with Crippen molar-refractivity contribution in [3.05, 3.63) is 29.8 Å². The van der Waals surface area contributed by atoms with E-state index in [1.165, 1.54) is 18.4 Å². The highest BCUT2D eigenvalue weighted by Gasteiger charge is 2.20. The Morgan fingerprint density at radius 3 is 2.71 bits per heavy atom. The van der Waals surface area contributed by atoms with E-state index >= 15 is 0 Å². The summed E-state index contributed by atoms with van der Waals surface area (Å²) in [6.45, 7) is 4.06. The van der Waals surface area contributed by atoms with Gasteiger partial charge in [0.05, 0.1) is 6.10 Å². The largest absolute Gasteiger partial charge is 0.508 e. The first-order valence-corrected chi connectivity index (χ1v) is 6.27. The number of hydrogen-bond donors (Lipinski definition) is 1. The van der Waals surface area contributed by atoms with Gasteiger partial charge in [-0.3, -0.25) is 4.90 Å². The molecule has 0 bridgehead atoms. The first-order valence-electron chi connectivity index (χ1n) is 6.27. The molecule has 0 aliphatic carbocycles. The number of ether oxygens (including phenoxy) is 1. The molecule has 2 rings (SSSR count). The van der Waals surface area contributed by atoms with E-state index < -0.39 is 0 Å². The molecule has 0 amide bonds. The Morgan fingerprint density at radius 2 is 2.12 bits per heavy atom. The molecule has 2 atom stereocenters. The van der Waals surface area contributed by atoms with E-state index in [1.54, 1.807) is 12.1 Å². The lowest BCUT2D eigenvalue weighted by atomic mass is 10.1. The van der Waals surface area contributed by atoms with Crippen LogP contribution < -0.4 is 0 Å². The Kier molecular flexibility index (Phi) is 4.02. The lowest BCUT2D eigenvalue weighted by Crippen LogP contribution is -2.31. The zero-order valence-corrected chi connectivity index (χ0v) is 10.6. The van der Waals surface area contributed by atoms with Gasteiger partial charge >= 0.3 is 0 Å². The topological polar surface area (TPSA) is 32.7 Å². The van der Waals surface area contributed by atoms with Crippen molar-refractivity contribution in [2.24, 2.45) is 0 Å². The zero-order chi connectivity index (χ0) is 12.3. The summed E-state index contributed by atoms with van der Waals surface area (Å²) in [6.07, 6.45) is 2.75. The van der Waals surface area contributed by atoms with E-state index in [0.717, 1.165) is 13.2 Å². The minimum Gasteiger partial charge on any atom is -0.508 e. The van der Waals surface area contributed by atoms with Crippen molar-refractivity contribution in [2.75, 3.05) is 20.2 Å². The molecule has 1 aliphatic rings. The van der Waals surface area contributed by atoms with Crippen LogP contribution in [0.4, 0.5) is 0 Å². The molecule has 1 aliphatic heterocycles. The van der Waals surface area contributed by atoms with Gasteiger partial charge in [0, 0.05) is 19.2 Å². The second-order valence-electron chi connectivity index (χ2n) is 4.84. The first-order chi connectivity index (χ1) is 8.16. The van der Waals surface area contributed by atoms with Crippen LogP contribution in [0.1, 0.15) is 31.4 Å². The Balaban J connectivity index is 1.93. The van der Waals surface area contributed by atoms with E-state index in [2.05, 4.69) is 18.9 Å². The first kappa shape index (κ1) is 12.4. The summed E-state index contributed by atoms with van der Waals surface area (Å²) in [6, 6.07) is 7.79. The van der Waals surface area contributed by atoms with Crippen LogP contribution in [0.15, 0.2) is 24.3 Å². The molecule has 1 fully saturated rings. The predicted octanol–water partition coefficient (Wildman–Crippen LogP) is 2.56. The smallest absolute Gasteiger partial charge is 0.115 e. The van der Waals surface area contributed by atoms with E-state index in [1.807, 2.05) is 12.1 Å².